The highest BCUT2D eigenvalue weighted by molar-refractivity contribution is 5.78. The molecule has 1 fully saturated rings. The molecular weight excluding hydrogens is 236 g/mol. The molecule has 1 aliphatic heterocycles. The maximum atomic E-state index is 11.8. The number of carboxylic acid groups (broad SMARTS) is 1. The second-order valence-corrected chi connectivity index (χ2v) is 4.79. The Morgan fingerprint density at radius 2 is 2.28 bits per heavy atom. The summed E-state index contributed by atoms with van der Waals surface area (Å²) in [6.45, 7) is 3.42. The third-order valence-electron chi connectivity index (χ3n) is 3.08. The number of methoxy groups -OCH3 is 1. The second kappa shape index (κ2) is 7.33. The molecule has 1 saturated heterocycles. The van der Waals surface area contributed by atoms with E-state index in [0.717, 1.165) is 19.4 Å². The number of carbonyl (C=O) groups is 2. The van der Waals surface area contributed by atoms with E-state index in [-0.39, 0.29) is 31.0 Å². The Hall–Kier alpha value is -1.14. The van der Waals surface area contributed by atoms with Crippen LogP contribution in [-0.4, -0.2) is 60.8 Å². The summed E-state index contributed by atoms with van der Waals surface area (Å²) in [4.78, 5) is 24.4. The van der Waals surface area contributed by atoms with Gasteiger partial charge in [0.1, 0.15) is 0 Å². The molecule has 2 atom stereocenters. The van der Waals surface area contributed by atoms with Gasteiger partial charge in [-0.3, -0.25) is 14.5 Å². The van der Waals surface area contributed by atoms with Crippen molar-refractivity contribution in [1.29, 1.82) is 0 Å². The summed E-state index contributed by atoms with van der Waals surface area (Å²) in [5.74, 6) is -0.878. The number of hydrogen-bond acceptors (Lipinski definition) is 4. The molecule has 1 amide bonds. The first-order valence-electron chi connectivity index (χ1n) is 6.27. The van der Waals surface area contributed by atoms with Gasteiger partial charge in [0.25, 0.3) is 0 Å². The number of amides is 1. The zero-order valence-corrected chi connectivity index (χ0v) is 11.0. The molecule has 0 aromatic heterocycles. The minimum absolute atomic E-state index is 0.00835. The molecule has 2 unspecified atom stereocenters. The minimum Gasteiger partial charge on any atom is -0.481 e. The number of rotatable bonds is 7. The largest absolute Gasteiger partial charge is 0.481 e. The van der Waals surface area contributed by atoms with Crippen molar-refractivity contribution in [2.24, 2.45) is 0 Å². The van der Waals surface area contributed by atoms with Crippen LogP contribution in [0.4, 0.5) is 0 Å². The fourth-order valence-electron chi connectivity index (χ4n) is 2.33. The number of ether oxygens (including phenoxy) is 1. The van der Waals surface area contributed by atoms with Crippen LogP contribution in [0, 0.1) is 0 Å². The number of aliphatic carboxylic acids is 1. The second-order valence-electron chi connectivity index (χ2n) is 4.79. The van der Waals surface area contributed by atoms with E-state index in [1.165, 1.54) is 0 Å². The highest BCUT2D eigenvalue weighted by Gasteiger charge is 2.28. The Kier molecular flexibility index (Phi) is 6.07. The van der Waals surface area contributed by atoms with Crippen molar-refractivity contribution < 1.29 is 19.4 Å². The van der Waals surface area contributed by atoms with Crippen LogP contribution in [0.3, 0.4) is 0 Å². The Balaban J connectivity index is 2.36. The molecule has 6 heteroatoms. The Morgan fingerprint density at radius 3 is 2.89 bits per heavy atom. The van der Waals surface area contributed by atoms with E-state index in [1.807, 2.05) is 11.8 Å². The van der Waals surface area contributed by atoms with Crippen LogP contribution in [0.2, 0.25) is 0 Å². The SMILES string of the molecule is COCC(C)NC(=O)CN1CCCC1CC(=O)O. The van der Waals surface area contributed by atoms with Crippen LogP contribution in [-0.2, 0) is 14.3 Å². The summed E-state index contributed by atoms with van der Waals surface area (Å²) in [6.07, 6.45) is 1.92. The molecule has 1 aliphatic rings. The quantitative estimate of drug-likeness (QED) is 0.676. The zero-order chi connectivity index (χ0) is 13.5. The maximum Gasteiger partial charge on any atom is 0.304 e. The predicted molar refractivity (Wildman–Crippen MR) is 66.3 cm³/mol. The number of likely N-dealkylation sites (tertiary alicyclic amines) is 1. The lowest BCUT2D eigenvalue weighted by Crippen LogP contribution is -2.44. The monoisotopic (exact) mass is 258 g/mol. The van der Waals surface area contributed by atoms with Crippen LogP contribution in [0.25, 0.3) is 0 Å². The normalized spacial score (nSPS) is 21.8. The van der Waals surface area contributed by atoms with Gasteiger partial charge in [-0.25, -0.2) is 0 Å². The zero-order valence-electron chi connectivity index (χ0n) is 11.0. The van der Waals surface area contributed by atoms with Gasteiger partial charge in [-0.2, -0.15) is 0 Å². The Bertz CT molecular complexity index is 296. The van der Waals surface area contributed by atoms with Gasteiger partial charge in [0.15, 0.2) is 0 Å². The summed E-state index contributed by atoms with van der Waals surface area (Å²) in [5, 5.41) is 11.6. The van der Waals surface area contributed by atoms with Crippen molar-refractivity contribution in [2.45, 2.75) is 38.3 Å². The number of carboxylic acids is 1. The number of nitrogens with one attached hydrogen (secondary N) is 1. The fourth-order valence-corrected chi connectivity index (χ4v) is 2.33. The summed E-state index contributed by atoms with van der Waals surface area (Å²) in [5.41, 5.74) is 0. The summed E-state index contributed by atoms with van der Waals surface area (Å²) >= 11 is 0. The molecule has 0 spiro atoms. The molecule has 18 heavy (non-hydrogen) atoms. The lowest BCUT2D eigenvalue weighted by Gasteiger charge is -2.23. The van der Waals surface area contributed by atoms with E-state index in [9.17, 15) is 9.59 Å². The minimum atomic E-state index is -0.806. The average Bonchev–Trinajstić information content (AvgIpc) is 2.64. The van der Waals surface area contributed by atoms with Crippen LogP contribution >= 0.6 is 0 Å². The van der Waals surface area contributed by atoms with E-state index in [0.29, 0.717) is 6.61 Å². The van der Waals surface area contributed by atoms with E-state index >= 15 is 0 Å². The molecule has 0 bridgehead atoms. The van der Waals surface area contributed by atoms with Crippen molar-refractivity contribution in [3.05, 3.63) is 0 Å². The van der Waals surface area contributed by atoms with E-state index in [2.05, 4.69) is 5.32 Å². The average molecular weight is 258 g/mol. The lowest BCUT2D eigenvalue weighted by molar-refractivity contribution is -0.138. The van der Waals surface area contributed by atoms with Crippen LogP contribution in [0.1, 0.15) is 26.2 Å². The molecule has 0 aliphatic carbocycles. The fraction of sp³-hybridized carbons (Fsp3) is 0.833. The van der Waals surface area contributed by atoms with Crippen molar-refractivity contribution in [3.63, 3.8) is 0 Å². The predicted octanol–water partition coefficient (Wildman–Crippen LogP) is 0.0766. The number of carbonyl (C=O) groups excluding carboxylic acids is 1. The third-order valence-corrected chi connectivity index (χ3v) is 3.08. The number of nitrogens with zero attached hydrogens (tertiary/aromatic N) is 1. The van der Waals surface area contributed by atoms with Crippen LogP contribution < -0.4 is 5.32 Å². The Labute approximate surface area is 107 Å². The third kappa shape index (κ3) is 5.01. The molecule has 6 nitrogen and oxygen atoms in total. The summed E-state index contributed by atoms with van der Waals surface area (Å²) < 4.78 is 4.94. The van der Waals surface area contributed by atoms with Crippen molar-refractivity contribution in [1.82, 2.24) is 10.2 Å². The molecule has 0 radical (unpaired) electrons. The van der Waals surface area contributed by atoms with Gasteiger partial charge < -0.3 is 15.2 Å². The molecular formula is C12H22N2O4. The van der Waals surface area contributed by atoms with Gasteiger partial charge in [0, 0.05) is 19.2 Å². The van der Waals surface area contributed by atoms with Crippen LogP contribution in [0.5, 0.6) is 0 Å². The highest BCUT2D eigenvalue weighted by atomic mass is 16.5. The lowest BCUT2D eigenvalue weighted by atomic mass is 10.1. The topological polar surface area (TPSA) is 78.9 Å². The van der Waals surface area contributed by atoms with Crippen molar-refractivity contribution in [3.8, 4) is 0 Å². The van der Waals surface area contributed by atoms with Gasteiger partial charge in [-0.15, -0.1) is 0 Å². The first kappa shape index (κ1) is 14.9. The number of hydrogen-bond donors (Lipinski definition) is 2. The molecule has 2 N–H and O–H groups in total. The van der Waals surface area contributed by atoms with Gasteiger partial charge in [0.05, 0.1) is 19.6 Å². The molecule has 0 saturated carbocycles. The summed E-state index contributed by atoms with van der Waals surface area (Å²) in [6, 6.07) is -0.0333. The van der Waals surface area contributed by atoms with E-state index in [1.54, 1.807) is 7.11 Å². The van der Waals surface area contributed by atoms with Crippen molar-refractivity contribution in [2.75, 3.05) is 26.8 Å². The Morgan fingerprint density at radius 1 is 1.56 bits per heavy atom. The van der Waals surface area contributed by atoms with Gasteiger partial charge in [-0.1, -0.05) is 0 Å². The standard InChI is InChI=1S/C12H22N2O4/c1-9(8-18-2)13-11(15)7-14-5-3-4-10(14)6-12(16)17/h9-10H,3-8H2,1-2H3,(H,13,15)(H,16,17). The van der Waals surface area contributed by atoms with Gasteiger partial charge in [-0.05, 0) is 26.3 Å². The van der Waals surface area contributed by atoms with E-state index in [4.69, 9.17) is 9.84 Å². The molecule has 1 heterocycles. The van der Waals surface area contributed by atoms with Crippen LogP contribution in [0.15, 0.2) is 0 Å². The first-order chi connectivity index (χ1) is 8.52. The van der Waals surface area contributed by atoms with Gasteiger partial charge >= 0.3 is 5.97 Å². The summed E-state index contributed by atoms with van der Waals surface area (Å²) in [7, 11) is 1.59. The molecule has 104 valence electrons. The maximum absolute atomic E-state index is 11.8. The molecule has 0 aromatic carbocycles. The van der Waals surface area contributed by atoms with E-state index < -0.39 is 5.97 Å². The smallest absolute Gasteiger partial charge is 0.304 e. The molecule has 1 rings (SSSR count). The highest BCUT2D eigenvalue weighted by Crippen LogP contribution is 2.19. The van der Waals surface area contributed by atoms with Crippen molar-refractivity contribution >= 4 is 11.9 Å². The molecule has 0 aromatic rings. The first-order valence-corrected chi connectivity index (χ1v) is 6.27. The van der Waals surface area contributed by atoms with Gasteiger partial charge in [0.2, 0.25) is 5.91 Å².